The molecule has 1 aromatic rings. The van der Waals surface area contributed by atoms with Crippen molar-refractivity contribution >= 4 is 5.69 Å². The Kier molecular flexibility index (Phi) is 2.91. The van der Waals surface area contributed by atoms with Gasteiger partial charge >= 0.3 is 0 Å². The van der Waals surface area contributed by atoms with E-state index in [1.54, 1.807) is 6.07 Å². The van der Waals surface area contributed by atoms with Crippen LogP contribution >= 0.6 is 0 Å². The van der Waals surface area contributed by atoms with Crippen LogP contribution in [-0.4, -0.2) is 18.2 Å². The van der Waals surface area contributed by atoms with Crippen molar-refractivity contribution in [3.05, 3.63) is 29.6 Å². The molecule has 2 rings (SSSR count). The molecular weight excluding hydrogens is 193 g/mol. The summed E-state index contributed by atoms with van der Waals surface area (Å²) in [5.41, 5.74) is 1.66. The van der Waals surface area contributed by atoms with Crippen molar-refractivity contribution in [3.63, 3.8) is 0 Å². The molecule has 0 bridgehead atoms. The monoisotopic (exact) mass is 209 g/mol. The van der Waals surface area contributed by atoms with E-state index in [4.69, 9.17) is 0 Å². The fourth-order valence-electron chi connectivity index (χ4n) is 2.14. The molecule has 15 heavy (non-hydrogen) atoms. The highest BCUT2D eigenvalue weighted by atomic mass is 19.1. The van der Waals surface area contributed by atoms with Gasteiger partial charge in [0.1, 0.15) is 5.82 Å². The molecule has 0 saturated carbocycles. The minimum absolute atomic E-state index is 0.0992. The van der Waals surface area contributed by atoms with Gasteiger partial charge in [-0.15, -0.1) is 0 Å². The molecular formula is C12H16FNO. The van der Waals surface area contributed by atoms with E-state index < -0.39 is 0 Å². The van der Waals surface area contributed by atoms with Gasteiger partial charge in [-0.25, -0.2) is 4.39 Å². The molecule has 1 atom stereocenters. The normalized spacial score (nSPS) is 21.0. The third-order valence-corrected chi connectivity index (χ3v) is 2.98. The molecule has 1 heterocycles. The maximum atomic E-state index is 13.0. The van der Waals surface area contributed by atoms with Crippen molar-refractivity contribution < 1.29 is 9.50 Å². The third kappa shape index (κ3) is 2.12. The summed E-state index contributed by atoms with van der Waals surface area (Å²) in [6.45, 7) is 4.11. The van der Waals surface area contributed by atoms with E-state index in [9.17, 15) is 9.50 Å². The molecule has 2 nitrogen and oxygen atoms in total. The Morgan fingerprint density at radius 2 is 2.33 bits per heavy atom. The Balaban J connectivity index is 2.27. The van der Waals surface area contributed by atoms with Crippen LogP contribution in [0.25, 0.3) is 0 Å². The fraction of sp³-hybridized carbons (Fsp3) is 0.500. The van der Waals surface area contributed by atoms with Crippen molar-refractivity contribution in [2.75, 3.05) is 18.0 Å². The van der Waals surface area contributed by atoms with Crippen molar-refractivity contribution in [3.8, 4) is 0 Å². The fourth-order valence-corrected chi connectivity index (χ4v) is 2.14. The second kappa shape index (κ2) is 4.19. The molecule has 82 valence electrons. The van der Waals surface area contributed by atoms with E-state index in [2.05, 4.69) is 11.8 Å². The first-order valence-corrected chi connectivity index (χ1v) is 5.35. The van der Waals surface area contributed by atoms with Crippen LogP contribution in [0.15, 0.2) is 18.2 Å². The molecule has 0 aliphatic carbocycles. The molecule has 0 radical (unpaired) electrons. The SMILES string of the molecule is CC1CCN(c2ccc(F)cc2CO)C1. The maximum Gasteiger partial charge on any atom is 0.123 e. The summed E-state index contributed by atoms with van der Waals surface area (Å²) in [7, 11) is 0. The second-order valence-corrected chi connectivity index (χ2v) is 4.27. The molecule has 0 aromatic heterocycles. The number of aliphatic hydroxyl groups is 1. The average Bonchev–Trinajstić information content (AvgIpc) is 2.64. The molecule has 1 unspecified atom stereocenters. The van der Waals surface area contributed by atoms with E-state index in [0.29, 0.717) is 11.5 Å². The molecule has 0 amide bonds. The zero-order valence-electron chi connectivity index (χ0n) is 8.91. The maximum absolute atomic E-state index is 13.0. The van der Waals surface area contributed by atoms with Crippen LogP contribution in [0.2, 0.25) is 0 Å². The van der Waals surface area contributed by atoms with E-state index in [1.807, 2.05) is 0 Å². The van der Waals surface area contributed by atoms with Gasteiger partial charge in [0.05, 0.1) is 6.61 Å². The summed E-state index contributed by atoms with van der Waals surface area (Å²) in [4.78, 5) is 2.22. The van der Waals surface area contributed by atoms with E-state index in [-0.39, 0.29) is 12.4 Å². The first kappa shape index (κ1) is 10.4. The van der Waals surface area contributed by atoms with Gasteiger partial charge in [-0.1, -0.05) is 6.92 Å². The van der Waals surface area contributed by atoms with Crippen molar-refractivity contribution in [1.82, 2.24) is 0 Å². The van der Waals surface area contributed by atoms with E-state index in [1.165, 1.54) is 18.6 Å². The van der Waals surface area contributed by atoms with E-state index >= 15 is 0 Å². The summed E-state index contributed by atoms with van der Waals surface area (Å²) < 4.78 is 13.0. The molecule has 1 aliphatic heterocycles. The number of aliphatic hydroxyl groups excluding tert-OH is 1. The highest BCUT2D eigenvalue weighted by Crippen LogP contribution is 2.27. The minimum atomic E-state index is -0.282. The van der Waals surface area contributed by atoms with Gasteiger partial charge in [0.2, 0.25) is 0 Å². The van der Waals surface area contributed by atoms with Gasteiger partial charge in [-0.3, -0.25) is 0 Å². The van der Waals surface area contributed by atoms with Gasteiger partial charge in [-0.05, 0) is 30.5 Å². The highest BCUT2D eigenvalue weighted by molar-refractivity contribution is 5.54. The number of hydrogen-bond donors (Lipinski definition) is 1. The predicted octanol–water partition coefficient (Wildman–Crippen LogP) is 2.16. The second-order valence-electron chi connectivity index (χ2n) is 4.27. The Hall–Kier alpha value is -1.09. The van der Waals surface area contributed by atoms with Crippen LogP contribution in [0.3, 0.4) is 0 Å². The quantitative estimate of drug-likeness (QED) is 0.806. The van der Waals surface area contributed by atoms with Gasteiger partial charge < -0.3 is 10.0 Å². The molecule has 1 fully saturated rings. The summed E-state index contributed by atoms with van der Waals surface area (Å²) >= 11 is 0. The largest absolute Gasteiger partial charge is 0.392 e. The van der Waals surface area contributed by atoms with E-state index in [0.717, 1.165) is 18.8 Å². The first-order valence-electron chi connectivity index (χ1n) is 5.35. The standard InChI is InChI=1S/C12H16FNO/c1-9-4-5-14(7-9)12-3-2-11(13)6-10(12)8-15/h2-3,6,9,15H,4-5,7-8H2,1H3. The van der Waals surface area contributed by atoms with Crippen molar-refractivity contribution in [2.24, 2.45) is 5.92 Å². The van der Waals surface area contributed by atoms with Gasteiger partial charge in [-0.2, -0.15) is 0 Å². The minimum Gasteiger partial charge on any atom is -0.392 e. The Morgan fingerprint density at radius 1 is 1.53 bits per heavy atom. The van der Waals surface area contributed by atoms with Crippen LogP contribution in [0.1, 0.15) is 18.9 Å². The lowest BCUT2D eigenvalue weighted by Gasteiger charge is -2.21. The lowest BCUT2D eigenvalue weighted by Crippen LogP contribution is -2.20. The number of hydrogen-bond acceptors (Lipinski definition) is 2. The smallest absolute Gasteiger partial charge is 0.123 e. The predicted molar refractivity (Wildman–Crippen MR) is 58.3 cm³/mol. The van der Waals surface area contributed by atoms with Gasteiger partial charge in [0.25, 0.3) is 0 Å². The average molecular weight is 209 g/mol. The zero-order valence-corrected chi connectivity index (χ0v) is 8.91. The molecule has 1 aliphatic rings. The summed E-state index contributed by atoms with van der Waals surface area (Å²) in [6, 6.07) is 4.63. The topological polar surface area (TPSA) is 23.5 Å². The highest BCUT2D eigenvalue weighted by Gasteiger charge is 2.20. The lowest BCUT2D eigenvalue weighted by atomic mass is 10.1. The van der Waals surface area contributed by atoms with Crippen LogP contribution in [-0.2, 0) is 6.61 Å². The third-order valence-electron chi connectivity index (χ3n) is 2.98. The lowest BCUT2D eigenvalue weighted by molar-refractivity contribution is 0.281. The zero-order chi connectivity index (χ0) is 10.8. The Morgan fingerprint density at radius 3 is 2.93 bits per heavy atom. The van der Waals surface area contributed by atoms with Crippen molar-refractivity contribution in [2.45, 2.75) is 20.0 Å². The number of nitrogens with zero attached hydrogens (tertiary/aromatic N) is 1. The van der Waals surface area contributed by atoms with Crippen molar-refractivity contribution in [1.29, 1.82) is 0 Å². The van der Waals surface area contributed by atoms with Crippen LogP contribution in [0.4, 0.5) is 10.1 Å². The Labute approximate surface area is 89.3 Å². The molecule has 1 aromatic carbocycles. The summed E-state index contributed by atoms with van der Waals surface area (Å²) in [5.74, 6) is 0.400. The Bertz CT molecular complexity index is 353. The number of halogens is 1. The molecule has 1 saturated heterocycles. The van der Waals surface area contributed by atoms with Crippen LogP contribution in [0, 0.1) is 11.7 Å². The van der Waals surface area contributed by atoms with Crippen LogP contribution in [0.5, 0.6) is 0 Å². The molecule has 0 spiro atoms. The molecule has 1 N–H and O–H groups in total. The van der Waals surface area contributed by atoms with Crippen LogP contribution < -0.4 is 4.90 Å². The van der Waals surface area contributed by atoms with Gasteiger partial charge in [0, 0.05) is 24.3 Å². The number of rotatable bonds is 2. The van der Waals surface area contributed by atoms with Gasteiger partial charge in [0.15, 0.2) is 0 Å². The summed E-state index contributed by atoms with van der Waals surface area (Å²) in [5, 5.41) is 9.18. The summed E-state index contributed by atoms with van der Waals surface area (Å²) in [6.07, 6.45) is 1.17. The molecule has 3 heteroatoms. The number of benzene rings is 1. The number of anilines is 1. The first-order chi connectivity index (χ1) is 7.20.